The highest BCUT2D eigenvalue weighted by atomic mass is 16.5. The molecule has 1 aliphatic heterocycles. The molecular weight excluding hydrogens is 178 g/mol. The fourth-order valence-electron chi connectivity index (χ4n) is 1.56. The van der Waals surface area contributed by atoms with Crippen LogP contribution in [-0.2, 0) is 9.53 Å². The summed E-state index contributed by atoms with van der Waals surface area (Å²) in [4.78, 5) is 11.0. The molecule has 1 aliphatic rings. The maximum absolute atomic E-state index is 11.0. The van der Waals surface area contributed by atoms with Crippen LogP contribution >= 0.6 is 0 Å². The van der Waals surface area contributed by atoms with Gasteiger partial charge in [-0.1, -0.05) is 13.8 Å². The maximum atomic E-state index is 11.0. The van der Waals surface area contributed by atoms with Crippen molar-refractivity contribution in [1.29, 1.82) is 0 Å². The van der Waals surface area contributed by atoms with Gasteiger partial charge in [0, 0.05) is 26.2 Å². The van der Waals surface area contributed by atoms with Crippen LogP contribution in [0.25, 0.3) is 0 Å². The summed E-state index contributed by atoms with van der Waals surface area (Å²) in [6.45, 7) is 6.78. The van der Waals surface area contributed by atoms with E-state index in [2.05, 4.69) is 19.2 Å². The SMILES string of the molecule is CC(C)CCOC[C@@H]1CCNC(=O)C1. The molecule has 1 N–H and O–H groups in total. The van der Waals surface area contributed by atoms with E-state index in [1.165, 1.54) is 0 Å². The van der Waals surface area contributed by atoms with E-state index in [1.54, 1.807) is 0 Å². The van der Waals surface area contributed by atoms with E-state index in [0.29, 0.717) is 18.3 Å². The highest BCUT2D eigenvalue weighted by Crippen LogP contribution is 2.13. The van der Waals surface area contributed by atoms with E-state index in [0.717, 1.165) is 32.6 Å². The lowest BCUT2D eigenvalue weighted by Crippen LogP contribution is -2.35. The standard InChI is InChI=1S/C11H21NO2/c1-9(2)4-6-14-8-10-3-5-12-11(13)7-10/h9-10H,3-8H2,1-2H3,(H,12,13)/t10-/m1/s1. The minimum absolute atomic E-state index is 0.175. The van der Waals surface area contributed by atoms with Crippen molar-refractivity contribution in [1.82, 2.24) is 5.32 Å². The Balaban J connectivity index is 2.03. The number of carbonyl (C=O) groups is 1. The first kappa shape index (κ1) is 11.5. The zero-order valence-electron chi connectivity index (χ0n) is 9.21. The fraction of sp³-hybridized carbons (Fsp3) is 0.909. The normalized spacial score (nSPS) is 22.5. The van der Waals surface area contributed by atoms with Gasteiger partial charge in [-0.2, -0.15) is 0 Å². The second-order valence-electron chi connectivity index (χ2n) is 4.47. The van der Waals surface area contributed by atoms with Crippen molar-refractivity contribution in [2.45, 2.75) is 33.1 Å². The Hall–Kier alpha value is -0.570. The third kappa shape index (κ3) is 4.61. The molecule has 0 radical (unpaired) electrons. The molecule has 0 bridgehead atoms. The topological polar surface area (TPSA) is 38.3 Å². The van der Waals surface area contributed by atoms with Crippen molar-refractivity contribution in [3.8, 4) is 0 Å². The smallest absolute Gasteiger partial charge is 0.220 e. The van der Waals surface area contributed by atoms with Gasteiger partial charge in [-0.25, -0.2) is 0 Å². The van der Waals surface area contributed by atoms with Gasteiger partial charge in [-0.3, -0.25) is 4.79 Å². The summed E-state index contributed by atoms with van der Waals surface area (Å²) in [5, 5.41) is 2.83. The summed E-state index contributed by atoms with van der Waals surface area (Å²) >= 11 is 0. The third-order valence-corrected chi connectivity index (χ3v) is 2.54. The Bertz CT molecular complexity index is 180. The van der Waals surface area contributed by atoms with Crippen LogP contribution in [0.15, 0.2) is 0 Å². The minimum atomic E-state index is 0.175. The van der Waals surface area contributed by atoms with Crippen LogP contribution in [0.2, 0.25) is 0 Å². The summed E-state index contributed by atoms with van der Waals surface area (Å²) < 4.78 is 5.55. The quantitative estimate of drug-likeness (QED) is 0.683. The van der Waals surface area contributed by atoms with Gasteiger partial charge in [-0.15, -0.1) is 0 Å². The summed E-state index contributed by atoms with van der Waals surface area (Å²) in [7, 11) is 0. The number of amides is 1. The van der Waals surface area contributed by atoms with Crippen LogP contribution < -0.4 is 5.32 Å². The van der Waals surface area contributed by atoms with Gasteiger partial charge < -0.3 is 10.1 Å². The molecular formula is C11H21NO2. The molecule has 0 aromatic rings. The van der Waals surface area contributed by atoms with E-state index in [4.69, 9.17) is 4.74 Å². The van der Waals surface area contributed by atoms with E-state index in [9.17, 15) is 4.79 Å². The number of ether oxygens (including phenoxy) is 1. The average molecular weight is 199 g/mol. The maximum Gasteiger partial charge on any atom is 0.220 e. The lowest BCUT2D eigenvalue weighted by atomic mass is 9.99. The number of hydrogen-bond acceptors (Lipinski definition) is 2. The Morgan fingerprint density at radius 3 is 3.00 bits per heavy atom. The predicted molar refractivity (Wildman–Crippen MR) is 56.0 cm³/mol. The monoisotopic (exact) mass is 199 g/mol. The van der Waals surface area contributed by atoms with E-state index < -0.39 is 0 Å². The molecule has 1 fully saturated rings. The van der Waals surface area contributed by atoms with Gasteiger partial charge in [-0.05, 0) is 24.7 Å². The first-order chi connectivity index (χ1) is 6.68. The van der Waals surface area contributed by atoms with Crippen molar-refractivity contribution >= 4 is 5.91 Å². The second-order valence-corrected chi connectivity index (χ2v) is 4.47. The molecule has 1 atom stereocenters. The number of piperidine rings is 1. The molecule has 0 aromatic heterocycles. The summed E-state index contributed by atoms with van der Waals surface area (Å²) in [5.74, 6) is 1.31. The third-order valence-electron chi connectivity index (χ3n) is 2.54. The molecule has 1 heterocycles. The molecule has 1 amide bonds. The van der Waals surface area contributed by atoms with Gasteiger partial charge >= 0.3 is 0 Å². The van der Waals surface area contributed by atoms with Crippen LogP contribution in [0.3, 0.4) is 0 Å². The predicted octanol–water partition coefficient (Wildman–Crippen LogP) is 1.58. The Morgan fingerprint density at radius 2 is 2.36 bits per heavy atom. The molecule has 1 saturated heterocycles. The molecule has 0 unspecified atom stereocenters. The summed E-state index contributed by atoms with van der Waals surface area (Å²) in [6.07, 6.45) is 2.81. The van der Waals surface area contributed by atoms with Gasteiger partial charge in [0.2, 0.25) is 5.91 Å². The molecule has 3 nitrogen and oxygen atoms in total. The molecule has 0 saturated carbocycles. The van der Waals surface area contributed by atoms with Crippen molar-refractivity contribution in [2.75, 3.05) is 19.8 Å². The lowest BCUT2D eigenvalue weighted by Gasteiger charge is -2.21. The van der Waals surface area contributed by atoms with E-state index in [-0.39, 0.29) is 5.91 Å². The van der Waals surface area contributed by atoms with Crippen molar-refractivity contribution in [3.05, 3.63) is 0 Å². The molecule has 0 aromatic carbocycles. The second kappa shape index (κ2) is 6.02. The molecule has 0 spiro atoms. The van der Waals surface area contributed by atoms with Crippen molar-refractivity contribution in [2.24, 2.45) is 11.8 Å². The first-order valence-corrected chi connectivity index (χ1v) is 5.53. The van der Waals surface area contributed by atoms with Crippen LogP contribution in [0.5, 0.6) is 0 Å². The van der Waals surface area contributed by atoms with Crippen LogP contribution in [0, 0.1) is 11.8 Å². The molecule has 3 heteroatoms. The first-order valence-electron chi connectivity index (χ1n) is 5.53. The fourth-order valence-corrected chi connectivity index (χ4v) is 1.56. The largest absolute Gasteiger partial charge is 0.381 e. The zero-order chi connectivity index (χ0) is 10.4. The van der Waals surface area contributed by atoms with Gasteiger partial charge in [0.15, 0.2) is 0 Å². The van der Waals surface area contributed by atoms with Crippen molar-refractivity contribution in [3.63, 3.8) is 0 Å². The Labute approximate surface area is 86.2 Å². The van der Waals surface area contributed by atoms with Crippen LogP contribution in [-0.4, -0.2) is 25.7 Å². The number of carbonyl (C=O) groups excluding carboxylic acids is 1. The average Bonchev–Trinajstić information content (AvgIpc) is 2.12. The number of nitrogens with one attached hydrogen (secondary N) is 1. The summed E-state index contributed by atoms with van der Waals surface area (Å²) in [5.41, 5.74) is 0. The molecule has 82 valence electrons. The lowest BCUT2D eigenvalue weighted by molar-refractivity contribution is -0.124. The molecule has 0 aliphatic carbocycles. The molecule has 1 rings (SSSR count). The zero-order valence-corrected chi connectivity index (χ0v) is 9.21. The van der Waals surface area contributed by atoms with Gasteiger partial charge in [0.25, 0.3) is 0 Å². The highest BCUT2D eigenvalue weighted by Gasteiger charge is 2.18. The van der Waals surface area contributed by atoms with E-state index in [1.807, 2.05) is 0 Å². The van der Waals surface area contributed by atoms with Crippen LogP contribution in [0.4, 0.5) is 0 Å². The number of rotatable bonds is 5. The highest BCUT2D eigenvalue weighted by molar-refractivity contribution is 5.76. The van der Waals surface area contributed by atoms with E-state index >= 15 is 0 Å². The van der Waals surface area contributed by atoms with Crippen LogP contribution in [0.1, 0.15) is 33.1 Å². The number of hydrogen-bond donors (Lipinski definition) is 1. The Kier molecular flexibility index (Phi) is 4.94. The van der Waals surface area contributed by atoms with Gasteiger partial charge in [0.05, 0.1) is 0 Å². The van der Waals surface area contributed by atoms with Gasteiger partial charge in [0.1, 0.15) is 0 Å². The molecule has 14 heavy (non-hydrogen) atoms. The Morgan fingerprint density at radius 1 is 1.57 bits per heavy atom. The van der Waals surface area contributed by atoms with Crippen molar-refractivity contribution < 1.29 is 9.53 Å². The minimum Gasteiger partial charge on any atom is -0.381 e. The summed E-state index contributed by atoms with van der Waals surface area (Å²) in [6, 6.07) is 0.